The van der Waals surface area contributed by atoms with Crippen LogP contribution in [0.25, 0.3) is 0 Å². The molecule has 7 heteroatoms. The van der Waals surface area contributed by atoms with E-state index in [2.05, 4.69) is 15.5 Å². The van der Waals surface area contributed by atoms with Crippen LogP contribution in [0.4, 0.5) is 0 Å². The Hall–Kier alpha value is 0.180. The Morgan fingerprint density at radius 1 is 1.32 bits per heavy atom. The zero-order valence-corrected chi connectivity index (χ0v) is 13.4. The Morgan fingerprint density at radius 3 is 2.58 bits per heavy atom. The van der Waals surface area contributed by atoms with E-state index in [-0.39, 0.29) is 12.1 Å². The van der Waals surface area contributed by atoms with Crippen LogP contribution in [0, 0.1) is 5.92 Å². The average Bonchev–Trinajstić information content (AvgIpc) is 3.34. The van der Waals surface area contributed by atoms with Gasteiger partial charge in [-0.05, 0) is 37.9 Å². The summed E-state index contributed by atoms with van der Waals surface area (Å²) in [6.07, 6.45) is 7.02. The van der Waals surface area contributed by atoms with Gasteiger partial charge in [0.05, 0.1) is 12.1 Å². The highest BCUT2D eigenvalue weighted by molar-refractivity contribution is 8.03. The molecular weight excluding hydrogens is 298 g/mol. The van der Waals surface area contributed by atoms with Gasteiger partial charge in [-0.1, -0.05) is 34.9 Å². The lowest BCUT2D eigenvalue weighted by Crippen LogP contribution is -2.53. The zero-order valence-electron chi connectivity index (χ0n) is 11.0. The Morgan fingerprint density at radius 2 is 2.05 bits per heavy atom. The number of nitrogens with zero attached hydrogens (tertiary/aromatic N) is 2. The maximum atomic E-state index is 9.88. The van der Waals surface area contributed by atoms with Crippen LogP contribution >= 0.6 is 34.9 Å². The third-order valence-corrected chi connectivity index (χ3v) is 7.01. The first kappa shape index (κ1) is 14.1. The first-order chi connectivity index (χ1) is 9.25. The molecular formula is C12H19N3OS3. The van der Waals surface area contributed by atoms with Gasteiger partial charge in [-0.2, -0.15) is 0 Å². The van der Waals surface area contributed by atoms with Crippen molar-refractivity contribution in [2.45, 2.75) is 45.9 Å². The monoisotopic (exact) mass is 317 g/mol. The molecule has 2 N–H and O–H groups in total. The van der Waals surface area contributed by atoms with Crippen LogP contribution in [-0.4, -0.2) is 45.5 Å². The summed E-state index contributed by atoms with van der Waals surface area (Å²) in [6, 6.07) is 0.629. The quantitative estimate of drug-likeness (QED) is 0.717. The molecule has 1 heterocycles. The van der Waals surface area contributed by atoms with E-state index in [1.54, 1.807) is 34.9 Å². The summed E-state index contributed by atoms with van der Waals surface area (Å²) in [4.78, 5) is 0. The van der Waals surface area contributed by atoms with Gasteiger partial charge < -0.3 is 10.4 Å². The fourth-order valence-electron chi connectivity index (χ4n) is 2.30. The summed E-state index contributed by atoms with van der Waals surface area (Å²) >= 11 is 5.01. The molecule has 1 atom stereocenters. The smallest absolute Gasteiger partial charge is 0.175 e. The topological polar surface area (TPSA) is 58.0 Å². The van der Waals surface area contributed by atoms with E-state index >= 15 is 0 Å². The Bertz CT molecular complexity index is 434. The van der Waals surface area contributed by atoms with Gasteiger partial charge in [0.1, 0.15) is 0 Å². The van der Waals surface area contributed by atoms with Crippen molar-refractivity contribution in [3.05, 3.63) is 0 Å². The molecule has 2 fully saturated rings. The summed E-state index contributed by atoms with van der Waals surface area (Å²) < 4.78 is 2.03. The van der Waals surface area contributed by atoms with Gasteiger partial charge in [-0.3, -0.25) is 0 Å². The standard InChI is InChI=1S/C12H19N3OS3/c1-17-10-14-15-11(19-10)18-7-12(6-16,8-2-3-8)13-9-4-5-9/h8-9,13,16H,2-7H2,1H3. The van der Waals surface area contributed by atoms with Crippen LogP contribution in [0.1, 0.15) is 25.7 Å². The molecule has 0 amide bonds. The molecule has 0 bridgehead atoms. The average molecular weight is 318 g/mol. The predicted molar refractivity (Wildman–Crippen MR) is 81.1 cm³/mol. The molecule has 19 heavy (non-hydrogen) atoms. The van der Waals surface area contributed by atoms with Crippen LogP contribution in [0.15, 0.2) is 8.68 Å². The number of thioether (sulfide) groups is 2. The third kappa shape index (κ3) is 3.44. The van der Waals surface area contributed by atoms with Crippen molar-refractivity contribution in [3.8, 4) is 0 Å². The maximum absolute atomic E-state index is 9.88. The van der Waals surface area contributed by atoms with Gasteiger partial charge in [-0.15, -0.1) is 10.2 Å². The number of hydrogen-bond donors (Lipinski definition) is 2. The number of hydrogen-bond acceptors (Lipinski definition) is 7. The zero-order chi connectivity index (χ0) is 13.3. The van der Waals surface area contributed by atoms with Gasteiger partial charge >= 0.3 is 0 Å². The minimum absolute atomic E-state index is 0.100. The summed E-state index contributed by atoms with van der Waals surface area (Å²) in [6.45, 7) is 0.232. The summed E-state index contributed by atoms with van der Waals surface area (Å²) in [5.74, 6) is 1.53. The molecule has 1 aromatic heterocycles. The van der Waals surface area contributed by atoms with E-state index in [0.29, 0.717) is 12.0 Å². The van der Waals surface area contributed by atoms with Crippen LogP contribution < -0.4 is 5.32 Å². The van der Waals surface area contributed by atoms with Gasteiger partial charge in [0.15, 0.2) is 8.68 Å². The second-order valence-electron chi connectivity index (χ2n) is 5.33. The van der Waals surface area contributed by atoms with Crippen molar-refractivity contribution in [2.75, 3.05) is 18.6 Å². The molecule has 2 aliphatic carbocycles. The molecule has 2 aliphatic rings. The van der Waals surface area contributed by atoms with E-state index in [9.17, 15) is 5.11 Å². The van der Waals surface area contributed by atoms with E-state index < -0.39 is 0 Å². The lowest BCUT2D eigenvalue weighted by Gasteiger charge is -2.33. The number of rotatable bonds is 8. The molecule has 0 saturated heterocycles. The maximum Gasteiger partial charge on any atom is 0.175 e. The number of nitrogens with one attached hydrogen (secondary N) is 1. The first-order valence-corrected chi connectivity index (χ1v) is 9.67. The normalized spacial score (nSPS) is 22.4. The number of aromatic nitrogens is 2. The fourth-order valence-corrected chi connectivity index (χ4v) is 5.00. The van der Waals surface area contributed by atoms with E-state index in [0.717, 1.165) is 14.4 Å². The fraction of sp³-hybridized carbons (Fsp3) is 0.833. The van der Waals surface area contributed by atoms with Gasteiger partial charge in [0.2, 0.25) is 0 Å². The largest absolute Gasteiger partial charge is 0.394 e. The Kier molecular flexibility index (Phi) is 4.38. The van der Waals surface area contributed by atoms with Crippen LogP contribution in [0.2, 0.25) is 0 Å². The summed E-state index contributed by atoms with van der Waals surface area (Å²) in [7, 11) is 0. The highest BCUT2D eigenvalue weighted by atomic mass is 32.2. The van der Waals surface area contributed by atoms with Crippen LogP contribution in [0.5, 0.6) is 0 Å². The molecule has 1 aromatic rings. The van der Waals surface area contributed by atoms with E-state index in [1.165, 1.54) is 25.7 Å². The molecule has 0 aliphatic heterocycles. The van der Waals surface area contributed by atoms with Gasteiger partial charge in [-0.25, -0.2) is 0 Å². The van der Waals surface area contributed by atoms with Crippen molar-refractivity contribution in [2.24, 2.45) is 5.92 Å². The minimum atomic E-state index is -0.100. The minimum Gasteiger partial charge on any atom is -0.394 e. The van der Waals surface area contributed by atoms with Crippen molar-refractivity contribution in [1.82, 2.24) is 15.5 Å². The first-order valence-electron chi connectivity index (χ1n) is 6.64. The molecule has 0 radical (unpaired) electrons. The van der Waals surface area contributed by atoms with Gasteiger partial charge in [0, 0.05) is 11.8 Å². The molecule has 0 aromatic carbocycles. The van der Waals surface area contributed by atoms with E-state index in [4.69, 9.17) is 0 Å². The van der Waals surface area contributed by atoms with Crippen molar-refractivity contribution in [1.29, 1.82) is 0 Å². The summed E-state index contributed by atoms with van der Waals surface area (Å²) in [5.41, 5.74) is -0.100. The molecule has 4 nitrogen and oxygen atoms in total. The third-order valence-electron chi connectivity index (χ3n) is 3.73. The second kappa shape index (κ2) is 5.89. The SMILES string of the molecule is CSc1nnc(SCC(CO)(NC2CC2)C2CC2)s1. The predicted octanol–water partition coefficient (Wildman–Crippen LogP) is 2.25. The Balaban J connectivity index is 1.63. The lowest BCUT2D eigenvalue weighted by atomic mass is 9.96. The Labute approximate surface area is 126 Å². The van der Waals surface area contributed by atoms with Crippen LogP contribution in [0.3, 0.4) is 0 Å². The highest BCUT2D eigenvalue weighted by Gasteiger charge is 2.47. The van der Waals surface area contributed by atoms with Crippen molar-refractivity contribution in [3.63, 3.8) is 0 Å². The van der Waals surface area contributed by atoms with Crippen molar-refractivity contribution < 1.29 is 5.11 Å². The van der Waals surface area contributed by atoms with E-state index in [1.807, 2.05) is 6.26 Å². The lowest BCUT2D eigenvalue weighted by molar-refractivity contribution is 0.157. The van der Waals surface area contributed by atoms with Crippen LogP contribution in [-0.2, 0) is 0 Å². The molecule has 1 unspecified atom stereocenters. The highest BCUT2D eigenvalue weighted by Crippen LogP contribution is 2.44. The number of aliphatic hydroxyl groups is 1. The summed E-state index contributed by atoms with van der Waals surface area (Å²) in [5, 5.41) is 21.9. The number of aliphatic hydroxyl groups excluding tert-OH is 1. The van der Waals surface area contributed by atoms with Gasteiger partial charge in [0.25, 0.3) is 0 Å². The van der Waals surface area contributed by atoms with Crippen molar-refractivity contribution >= 4 is 34.9 Å². The molecule has 0 spiro atoms. The molecule has 106 valence electrons. The molecule has 3 rings (SSSR count). The second-order valence-corrected chi connectivity index (χ2v) is 8.59. The molecule has 2 saturated carbocycles.